The van der Waals surface area contributed by atoms with Crippen LogP contribution in [0.15, 0.2) is 15.9 Å². The molecule has 1 aromatic rings. The van der Waals surface area contributed by atoms with Gasteiger partial charge in [0.1, 0.15) is 0 Å². The van der Waals surface area contributed by atoms with E-state index in [-0.39, 0.29) is 0 Å². The van der Waals surface area contributed by atoms with Crippen molar-refractivity contribution in [2.45, 2.75) is 6.92 Å². The van der Waals surface area contributed by atoms with Crippen LogP contribution in [0.4, 0.5) is 5.00 Å². The van der Waals surface area contributed by atoms with Crippen LogP contribution in [0.3, 0.4) is 0 Å². The Labute approximate surface area is 85.3 Å². The maximum Gasteiger partial charge on any atom is 0.0894 e. The smallest absolute Gasteiger partial charge is 0.0894 e. The molecule has 0 aliphatic heterocycles. The minimum Gasteiger partial charge on any atom is -0.377 e. The molecular weight excluding hydrogens is 236 g/mol. The summed E-state index contributed by atoms with van der Waals surface area (Å²) in [7, 11) is 0. The second-order valence-corrected chi connectivity index (χ2v) is 5.29. The minimum absolute atomic E-state index is 0.533. The molecule has 0 saturated carbocycles. The summed E-state index contributed by atoms with van der Waals surface area (Å²) in [6.45, 7) is 3.82. The number of halogens is 1. The van der Waals surface area contributed by atoms with E-state index in [0.717, 1.165) is 16.9 Å². The van der Waals surface area contributed by atoms with Gasteiger partial charge in [-0.05, 0) is 40.5 Å². The van der Waals surface area contributed by atoms with Crippen molar-refractivity contribution < 1.29 is 0 Å². The Balaban J connectivity index is 2.33. The van der Waals surface area contributed by atoms with E-state index in [9.17, 15) is 0 Å². The Hall–Kier alpha value is -0.0600. The van der Waals surface area contributed by atoms with Crippen LogP contribution in [-0.2, 0) is 0 Å². The van der Waals surface area contributed by atoms with E-state index in [1.54, 1.807) is 11.3 Å². The van der Waals surface area contributed by atoms with Gasteiger partial charge in [0, 0.05) is 6.54 Å². The lowest BCUT2D eigenvalue weighted by molar-refractivity contribution is 0.629. The molecule has 0 amide bonds. The third-order valence-electron chi connectivity index (χ3n) is 1.60. The van der Waals surface area contributed by atoms with Crippen LogP contribution < -0.4 is 11.1 Å². The average Bonchev–Trinajstić information content (AvgIpc) is 2.47. The number of rotatable bonds is 4. The zero-order valence-corrected chi connectivity index (χ0v) is 9.41. The van der Waals surface area contributed by atoms with Gasteiger partial charge >= 0.3 is 0 Å². The molecule has 0 spiro atoms. The Kier molecular flexibility index (Phi) is 4.05. The monoisotopic (exact) mass is 248 g/mol. The van der Waals surface area contributed by atoms with Crippen LogP contribution in [0.25, 0.3) is 0 Å². The Morgan fingerprint density at radius 1 is 1.67 bits per heavy atom. The average molecular weight is 249 g/mol. The predicted octanol–water partition coefficient (Wildman–Crippen LogP) is 2.52. The highest BCUT2D eigenvalue weighted by molar-refractivity contribution is 9.11. The zero-order chi connectivity index (χ0) is 8.97. The molecule has 3 N–H and O–H groups in total. The summed E-state index contributed by atoms with van der Waals surface area (Å²) < 4.78 is 1.16. The molecule has 1 rings (SSSR count). The Bertz CT molecular complexity index is 237. The third-order valence-corrected chi connectivity index (χ3v) is 3.18. The number of nitrogens with two attached hydrogens (primary N) is 1. The van der Waals surface area contributed by atoms with Crippen LogP contribution in [0.2, 0.25) is 0 Å². The molecule has 12 heavy (non-hydrogen) atoms. The lowest BCUT2D eigenvalue weighted by Crippen LogP contribution is -2.19. The second kappa shape index (κ2) is 4.84. The molecule has 1 heterocycles. The molecule has 0 aromatic carbocycles. The Morgan fingerprint density at radius 2 is 2.42 bits per heavy atom. The van der Waals surface area contributed by atoms with Crippen molar-refractivity contribution in [1.29, 1.82) is 0 Å². The van der Waals surface area contributed by atoms with Gasteiger partial charge < -0.3 is 11.1 Å². The topological polar surface area (TPSA) is 38.0 Å². The second-order valence-electron chi connectivity index (χ2n) is 2.83. The lowest BCUT2D eigenvalue weighted by atomic mass is 10.2. The van der Waals surface area contributed by atoms with Gasteiger partial charge in [0.2, 0.25) is 0 Å². The number of nitrogens with one attached hydrogen (secondary N) is 1. The van der Waals surface area contributed by atoms with Gasteiger partial charge in [0.25, 0.3) is 0 Å². The van der Waals surface area contributed by atoms with Crippen molar-refractivity contribution in [3.8, 4) is 0 Å². The standard InChI is InChI=1S/C8H13BrN2S/c1-6(4-10)5-11-8-3-2-7(9)12-8/h2-3,6,11H,4-5,10H2,1H3. The molecule has 0 bridgehead atoms. The summed E-state index contributed by atoms with van der Waals surface area (Å²) in [4.78, 5) is 0. The van der Waals surface area contributed by atoms with Crippen molar-refractivity contribution in [1.82, 2.24) is 0 Å². The van der Waals surface area contributed by atoms with Gasteiger partial charge in [0.15, 0.2) is 0 Å². The maximum atomic E-state index is 5.50. The molecule has 0 saturated heterocycles. The number of hydrogen-bond donors (Lipinski definition) is 2. The van der Waals surface area contributed by atoms with Gasteiger partial charge in [-0.2, -0.15) is 0 Å². The molecule has 0 radical (unpaired) electrons. The molecule has 1 atom stereocenters. The molecule has 1 aromatic heterocycles. The van der Waals surface area contributed by atoms with Crippen LogP contribution >= 0.6 is 27.3 Å². The highest BCUT2D eigenvalue weighted by Gasteiger charge is 2.00. The van der Waals surface area contributed by atoms with Crippen molar-refractivity contribution in [2.24, 2.45) is 11.7 Å². The lowest BCUT2D eigenvalue weighted by Gasteiger charge is -2.08. The van der Waals surface area contributed by atoms with Gasteiger partial charge in [-0.15, -0.1) is 11.3 Å². The summed E-state index contributed by atoms with van der Waals surface area (Å²) in [6, 6.07) is 4.11. The van der Waals surface area contributed by atoms with Gasteiger partial charge in [-0.3, -0.25) is 0 Å². The van der Waals surface area contributed by atoms with E-state index in [0.29, 0.717) is 5.92 Å². The largest absolute Gasteiger partial charge is 0.377 e. The first-order valence-corrected chi connectivity index (χ1v) is 5.52. The van der Waals surface area contributed by atoms with Gasteiger partial charge in [0.05, 0.1) is 8.79 Å². The molecule has 0 fully saturated rings. The summed E-state index contributed by atoms with van der Waals surface area (Å²) >= 11 is 5.12. The van der Waals surface area contributed by atoms with E-state index >= 15 is 0 Å². The first-order valence-electron chi connectivity index (χ1n) is 3.91. The minimum atomic E-state index is 0.533. The quantitative estimate of drug-likeness (QED) is 0.860. The summed E-state index contributed by atoms with van der Waals surface area (Å²) in [5.41, 5.74) is 5.50. The summed E-state index contributed by atoms with van der Waals surface area (Å²) in [6.07, 6.45) is 0. The van der Waals surface area contributed by atoms with E-state index in [1.165, 1.54) is 5.00 Å². The van der Waals surface area contributed by atoms with Crippen molar-refractivity contribution in [3.05, 3.63) is 15.9 Å². The molecular formula is C8H13BrN2S. The number of anilines is 1. The zero-order valence-electron chi connectivity index (χ0n) is 7.01. The molecule has 68 valence electrons. The fourth-order valence-electron chi connectivity index (χ4n) is 0.767. The van der Waals surface area contributed by atoms with Crippen LogP contribution in [-0.4, -0.2) is 13.1 Å². The summed E-state index contributed by atoms with van der Waals surface area (Å²) in [5, 5.41) is 4.52. The van der Waals surface area contributed by atoms with E-state index < -0.39 is 0 Å². The SMILES string of the molecule is CC(CN)CNc1ccc(Br)s1. The van der Waals surface area contributed by atoms with E-state index in [2.05, 4.69) is 34.2 Å². The number of hydrogen-bond acceptors (Lipinski definition) is 3. The molecule has 2 nitrogen and oxygen atoms in total. The first kappa shape index (κ1) is 10.0. The van der Waals surface area contributed by atoms with E-state index in [1.807, 2.05) is 6.07 Å². The molecule has 4 heteroatoms. The summed E-state index contributed by atoms with van der Waals surface area (Å²) in [5.74, 6) is 0.533. The molecule has 0 aliphatic rings. The first-order chi connectivity index (χ1) is 5.72. The molecule has 0 aliphatic carbocycles. The van der Waals surface area contributed by atoms with Gasteiger partial charge in [-0.25, -0.2) is 0 Å². The predicted molar refractivity (Wildman–Crippen MR) is 58.7 cm³/mol. The van der Waals surface area contributed by atoms with Crippen LogP contribution in [0.5, 0.6) is 0 Å². The van der Waals surface area contributed by atoms with Gasteiger partial charge in [-0.1, -0.05) is 6.92 Å². The fourth-order valence-corrected chi connectivity index (χ4v) is 2.06. The fraction of sp³-hybridized carbons (Fsp3) is 0.500. The third kappa shape index (κ3) is 3.13. The molecule has 1 unspecified atom stereocenters. The van der Waals surface area contributed by atoms with E-state index in [4.69, 9.17) is 5.73 Å². The highest BCUT2D eigenvalue weighted by atomic mass is 79.9. The highest BCUT2D eigenvalue weighted by Crippen LogP contribution is 2.26. The van der Waals surface area contributed by atoms with Crippen LogP contribution in [0.1, 0.15) is 6.92 Å². The van der Waals surface area contributed by atoms with Crippen molar-refractivity contribution >= 4 is 32.3 Å². The van der Waals surface area contributed by atoms with Crippen LogP contribution in [0, 0.1) is 5.92 Å². The Morgan fingerprint density at radius 3 is 2.92 bits per heavy atom. The van der Waals surface area contributed by atoms with Crippen molar-refractivity contribution in [2.75, 3.05) is 18.4 Å². The van der Waals surface area contributed by atoms with Crippen molar-refractivity contribution in [3.63, 3.8) is 0 Å². The number of thiophene rings is 1. The normalized spacial score (nSPS) is 12.9. The maximum absolute atomic E-state index is 5.50.